The molecular formula is C17H18N6O. The first-order valence-corrected chi connectivity index (χ1v) is 7.74. The highest BCUT2D eigenvalue weighted by atomic mass is 16.5. The number of nitrogens with one attached hydrogen (secondary N) is 1. The maximum atomic E-state index is 5.47. The van der Waals surface area contributed by atoms with E-state index >= 15 is 0 Å². The molecule has 0 aromatic carbocycles. The Morgan fingerprint density at radius 1 is 1.25 bits per heavy atom. The third kappa shape index (κ3) is 2.29. The summed E-state index contributed by atoms with van der Waals surface area (Å²) >= 11 is 0. The fourth-order valence-corrected chi connectivity index (χ4v) is 2.61. The van der Waals surface area contributed by atoms with Gasteiger partial charge in [-0.05, 0) is 18.2 Å². The second-order valence-electron chi connectivity index (χ2n) is 6.81. The van der Waals surface area contributed by atoms with Crippen LogP contribution in [0, 0.1) is 0 Å². The van der Waals surface area contributed by atoms with E-state index in [1.807, 2.05) is 31.4 Å². The van der Waals surface area contributed by atoms with E-state index in [0.717, 1.165) is 28.0 Å². The van der Waals surface area contributed by atoms with Crippen LogP contribution in [0.1, 0.15) is 26.5 Å². The molecule has 0 bridgehead atoms. The van der Waals surface area contributed by atoms with Crippen LogP contribution >= 0.6 is 0 Å². The Hall–Kier alpha value is -2.96. The van der Waals surface area contributed by atoms with Gasteiger partial charge in [-0.2, -0.15) is 10.1 Å². The van der Waals surface area contributed by atoms with Crippen LogP contribution in [0.25, 0.3) is 34.0 Å². The van der Waals surface area contributed by atoms with Crippen molar-refractivity contribution in [2.45, 2.75) is 26.2 Å². The van der Waals surface area contributed by atoms with Crippen molar-refractivity contribution < 1.29 is 4.52 Å². The van der Waals surface area contributed by atoms with Crippen molar-refractivity contribution in [3.8, 4) is 23.0 Å². The van der Waals surface area contributed by atoms with Gasteiger partial charge < -0.3 is 9.51 Å². The van der Waals surface area contributed by atoms with Crippen LogP contribution in [0.5, 0.6) is 0 Å². The summed E-state index contributed by atoms with van der Waals surface area (Å²) in [6.07, 6.45) is 3.59. The van der Waals surface area contributed by atoms with E-state index in [1.54, 1.807) is 10.9 Å². The van der Waals surface area contributed by atoms with Crippen LogP contribution in [0.4, 0.5) is 0 Å². The average molecular weight is 322 g/mol. The van der Waals surface area contributed by atoms with Crippen molar-refractivity contribution in [3.63, 3.8) is 0 Å². The monoisotopic (exact) mass is 322 g/mol. The molecule has 0 saturated carbocycles. The first-order valence-electron chi connectivity index (χ1n) is 7.74. The summed E-state index contributed by atoms with van der Waals surface area (Å²) in [5.41, 5.74) is 3.41. The smallest absolute Gasteiger partial charge is 0.276 e. The fraction of sp³-hybridized carbons (Fsp3) is 0.294. The Labute approximate surface area is 138 Å². The second kappa shape index (κ2) is 5.02. The topological polar surface area (TPSA) is 85.4 Å². The molecular weight excluding hydrogens is 304 g/mol. The maximum absolute atomic E-state index is 5.47. The van der Waals surface area contributed by atoms with E-state index in [0.29, 0.717) is 11.7 Å². The number of aryl methyl sites for hydroxylation is 1. The molecule has 7 nitrogen and oxygen atoms in total. The Morgan fingerprint density at radius 2 is 2.08 bits per heavy atom. The largest absolute Gasteiger partial charge is 0.345 e. The van der Waals surface area contributed by atoms with E-state index in [4.69, 9.17) is 4.52 Å². The molecule has 4 aromatic rings. The lowest BCUT2D eigenvalue weighted by molar-refractivity contribution is 0.428. The van der Waals surface area contributed by atoms with Gasteiger partial charge in [0.2, 0.25) is 5.82 Å². The van der Waals surface area contributed by atoms with Gasteiger partial charge in [0, 0.05) is 35.8 Å². The van der Waals surface area contributed by atoms with E-state index < -0.39 is 0 Å². The minimum Gasteiger partial charge on any atom is -0.345 e. The van der Waals surface area contributed by atoms with Crippen LogP contribution < -0.4 is 0 Å². The Bertz CT molecular complexity index is 1020. The first kappa shape index (κ1) is 14.6. The summed E-state index contributed by atoms with van der Waals surface area (Å²) in [5.74, 6) is 0.983. The number of hydrogen-bond donors (Lipinski definition) is 1. The molecule has 0 aliphatic rings. The molecule has 24 heavy (non-hydrogen) atoms. The Morgan fingerprint density at radius 3 is 2.83 bits per heavy atom. The summed E-state index contributed by atoms with van der Waals surface area (Å²) in [7, 11) is 1.88. The number of H-pyrrole nitrogens is 1. The van der Waals surface area contributed by atoms with Gasteiger partial charge in [-0.15, -0.1) is 0 Å². The number of aromatic amines is 1. The quantitative estimate of drug-likeness (QED) is 0.612. The van der Waals surface area contributed by atoms with Crippen molar-refractivity contribution in [1.82, 2.24) is 29.9 Å². The molecule has 0 aliphatic heterocycles. The number of fused-ring (bicyclic) bond motifs is 1. The molecule has 4 aromatic heterocycles. The molecule has 122 valence electrons. The average Bonchev–Trinajstić information content (AvgIpc) is 3.22. The van der Waals surface area contributed by atoms with Crippen LogP contribution in [0.15, 0.2) is 35.1 Å². The summed E-state index contributed by atoms with van der Waals surface area (Å²) in [6, 6.07) is 5.86. The predicted molar refractivity (Wildman–Crippen MR) is 90.3 cm³/mol. The summed E-state index contributed by atoms with van der Waals surface area (Å²) in [5, 5.41) is 9.64. The molecule has 0 radical (unpaired) electrons. The van der Waals surface area contributed by atoms with Crippen molar-refractivity contribution >= 4 is 11.0 Å². The minimum absolute atomic E-state index is 0.0403. The van der Waals surface area contributed by atoms with E-state index in [1.165, 1.54) is 0 Å². The van der Waals surface area contributed by atoms with Crippen molar-refractivity contribution in [3.05, 3.63) is 36.3 Å². The van der Waals surface area contributed by atoms with E-state index in [9.17, 15) is 0 Å². The third-order valence-electron chi connectivity index (χ3n) is 3.99. The minimum atomic E-state index is -0.0403. The maximum Gasteiger partial charge on any atom is 0.276 e. The molecule has 4 rings (SSSR count). The van der Waals surface area contributed by atoms with Gasteiger partial charge in [0.05, 0.1) is 5.69 Å². The fourth-order valence-electron chi connectivity index (χ4n) is 2.61. The summed E-state index contributed by atoms with van der Waals surface area (Å²) in [4.78, 5) is 11.9. The molecule has 0 fully saturated rings. The van der Waals surface area contributed by atoms with Crippen molar-refractivity contribution in [1.29, 1.82) is 0 Å². The molecule has 7 heteroatoms. The van der Waals surface area contributed by atoms with Gasteiger partial charge in [-0.1, -0.05) is 25.9 Å². The molecule has 4 heterocycles. The normalized spacial score (nSPS) is 12.2. The molecule has 0 amide bonds. The molecule has 0 saturated heterocycles. The molecule has 0 atom stereocenters. The van der Waals surface area contributed by atoms with Gasteiger partial charge in [-0.3, -0.25) is 4.68 Å². The third-order valence-corrected chi connectivity index (χ3v) is 3.99. The van der Waals surface area contributed by atoms with Crippen LogP contribution in [0.2, 0.25) is 0 Å². The van der Waals surface area contributed by atoms with Crippen LogP contribution in [-0.4, -0.2) is 29.9 Å². The van der Waals surface area contributed by atoms with E-state index in [2.05, 4.69) is 46.0 Å². The summed E-state index contributed by atoms with van der Waals surface area (Å²) < 4.78 is 7.25. The van der Waals surface area contributed by atoms with Gasteiger partial charge in [0.25, 0.3) is 5.89 Å². The standard InChI is InChI=1S/C17H18N6O/c1-17(2,3)13-8-12(23(4)21-13)16-20-15(22-24-16)11-9-19-14-10(11)6-5-7-18-14/h5-9H,1-4H3,(H,18,19). The lowest BCUT2D eigenvalue weighted by Crippen LogP contribution is -2.12. The lowest BCUT2D eigenvalue weighted by atomic mass is 9.92. The number of hydrogen-bond acceptors (Lipinski definition) is 5. The molecule has 1 N–H and O–H groups in total. The molecule has 0 spiro atoms. The van der Waals surface area contributed by atoms with Crippen molar-refractivity contribution in [2.75, 3.05) is 0 Å². The van der Waals surface area contributed by atoms with Gasteiger partial charge in [0.1, 0.15) is 11.3 Å². The van der Waals surface area contributed by atoms with E-state index in [-0.39, 0.29) is 5.41 Å². The second-order valence-corrected chi connectivity index (χ2v) is 6.81. The van der Waals surface area contributed by atoms with Gasteiger partial charge in [0.15, 0.2) is 0 Å². The van der Waals surface area contributed by atoms with Gasteiger partial charge >= 0.3 is 0 Å². The molecule has 0 unspecified atom stereocenters. The highest BCUT2D eigenvalue weighted by molar-refractivity contribution is 5.91. The zero-order valence-corrected chi connectivity index (χ0v) is 14.0. The number of nitrogens with zero attached hydrogens (tertiary/aromatic N) is 5. The zero-order valence-electron chi connectivity index (χ0n) is 14.0. The van der Waals surface area contributed by atoms with Crippen LogP contribution in [0.3, 0.4) is 0 Å². The summed E-state index contributed by atoms with van der Waals surface area (Å²) in [6.45, 7) is 6.37. The zero-order chi connectivity index (χ0) is 16.9. The Balaban J connectivity index is 1.77. The molecule has 0 aliphatic carbocycles. The lowest BCUT2D eigenvalue weighted by Gasteiger charge is -2.13. The number of pyridine rings is 1. The first-order chi connectivity index (χ1) is 11.4. The van der Waals surface area contributed by atoms with Crippen LogP contribution in [-0.2, 0) is 12.5 Å². The number of rotatable bonds is 2. The Kier molecular flexibility index (Phi) is 3.06. The van der Waals surface area contributed by atoms with Gasteiger partial charge in [-0.25, -0.2) is 4.98 Å². The number of aromatic nitrogens is 6. The van der Waals surface area contributed by atoms with Crippen molar-refractivity contribution in [2.24, 2.45) is 7.05 Å². The SMILES string of the molecule is Cn1nc(C(C)(C)C)cc1-c1nc(-c2c[nH]c3ncccc23)no1. The predicted octanol–water partition coefficient (Wildman–Crippen LogP) is 3.31. The highest BCUT2D eigenvalue weighted by Crippen LogP contribution is 2.29. The highest BCUT2D eigenvalue weighted by Gasteiger charge is 2.22.